The van der Waals surface area contributed by atoms with E-state index in [9.17, 15) is 0 Å². The van der Waals surface area contributed by atoms with Gasteiger partial charge in [-0.25, -0.2) is 4.98 Å². The zero-order valence-corrected chi connectivity index (χ0v) is 12.6. The predicted molar refractivity (Wildman–Crippen MR) is 80.6 cm³/mol. The van der Waals surface area contributed by atoms with Gasteiger partial charge < -0.3 is 14.8 Å². The van der Waals surface area contributed by atoms with Crippen molar-refractivity contribution in [3.8, 4) is 0 Å². The van der Waals surface area contributed by atoms with Crippen LogP contribution < -0.4 is 5.32 Å². The van der Waals surface area contributed by atoms with Gasteiger partial charge >= 0.3 is 0 Å². The summed E-state index contributed by atoms with van der Waals surface area (Å²) in [4.78, 5) is 4.61. The van der Waals surface area contributed by atoms with E-state index in [2.05, 4.69) is 28.4 Å². The summed E-state index contributed by atoms with van der Waals surface area (Å²) in [5, 5.41) is 7.86. The third-order valence-electron chi connectivity index (χ3n) is 3.66. The van der Waals surface area contributed by atoms with Crippen LogP contribution in [0.25, 0.3) is 5.65 Å². The fourth-order valence-corrected chi connectivity index (χ4v) is 2.69. The normalized spacial score (nSPS) is 22.0. The topological polar surface area (TPSA) is 60.7 Å². The minimum Gasteiger partial charge on any atom is -0.376 e. The second kappa shape index (κ2) is 6.41. The van der Waals surface area contributed by atoms with Gasteiger partial charge in [-0.3, -0.25) is 0 Å². The first-order valence-corrected chi connectivity index (χ1v) is 7.61. The molecule has 2 atom stereocenters. The van der Waals surface area contributed by atoms with Gasteiger partial charge in [0.2, 0.25) is 0 Å². The number of aryl methyl sites for hydroxylation is 1. The molecule has 21 heavy (non-hydrogen) atoms. The molecule has 6 nitrogen and oxygen atoms in total. The van der Waals surface area contributed by atoms with E-state index in [-0.39, 0.29) is 12.1 Å². The zero-order chi connectivity index (χ0) is 14.7. The van der Waals surface area contributed by atoms with E-state index in [0.29, 0.717) is 19.8 Å². The lowest BCUT2D eigenvalue weighted by atomic mass is 10.2. The molecule has 0 spiro atoms. The van der Waals surface area contributed by atoms with Crippen LogP contribution in [0.5, 0.6) is 0 Å². The molecule has 0 aliphatic carbocycles. The number of nitrogens with one attached hydrogen (secondary N) is 1. The molecule has 0 aromatic carbocycles. The number of hydrogen-bond acceptors (Lipinski definition) is 5. The summed E-state index contributed by atoms with van der Waals surface area (Å²) in [5.41, 5.74) is 1.95. The standard InChI is InChI=1S/C15H22N4O2/c1-3-5-11-8-15(19-14(17-11)6-7-16-19)18-12-9-20-10-13(12)21-4-2/h6-8,12-13,18H,3-5,9-10H2,1-2H3/t12-,13-/m0/s1. The van der Waals surface area contributed by atoms with E-state index < -0.39 is 0 Å². The fourth-order valence-electron chi connectivity index (χ4n) is 2.69. The number of nitrogens with zero attached hydrogens (tertiary/aromatic N) is 3. The molecule has 114 valence electrons. The number of anilines is 1. The maximum absolute atomic E-state index is 5.73. The van der Waals surface area contributed by atoms with Crippen molar-refractivity contribution in [2.45, 2.75) is 38.8 Å². The van der Waals surface area contributed by atoms with Crippen molar-refractivity contribution in [3.05, 3.63) is 24.0 Å². The second-order valence-corrected chi connectivity index (χ2v) is 5.27. The van der Waals surface area contributed by atoms with Crippen molar-refractivity contribution in [1.29, 1.82) is 0 Å². The first kappa shape index (κ1) is 14.3. The van der Waals surface area contributed by atoms with Gasteiger partial charge in [0.25, 0.3) is 0 Å². The Kier molecular flexibility index (Phi) is 4.36. The van der Waals surface area contributed by atoms with Gasteiger partial charge in [0.05, 0.1) is 25.5 Å². The van der Waals surface area contributed by atoms with Crippen molar-refractivity contribution in [1.82, 2.24) is 14.6 Å². The molecular weight excluding hydrogens is 268 g/mol. The van der Waals surface area contributed by atoms with Crippen LogP contribution in [-0.4, -0.2) is 46.6 Å². The molecule has 1 N–H and O–H groups in total. The Labute approximate surface area is 124 Å². The number of fused-ring (bicyclic) bond motifs is 1. The highest BCUT2D eigenvalue weighted by atomic mass is 16.5. The number of rotatable bonds is 6. The van der Waals surface area contributed by atoms with Gasteiger partial charge in [0, 0.05) is 24.4 Å². The van der Waals surface area contributed by atoms with E-state index in [0.717, 1.165) is 30.0 Å². The summed E-state index contributed by atoms with van der Waals surface area (Å²) >= 11 is 0. The van der Waals surface area contributed by atoms with Crippen molar-refractivity contribution >= 4 is 11.5 Å². The molecule has 1 fully saturated rings. The minimum atomic E-state index is 0.0865. The molecule has 1 aliphatic heterocycles. The Balaban J connectivity index is 1.86. The molecule has 0 saturated carbocycles. The number of ether oxygens (including phenoxy) is 2. The average molecular weight is 290 g/mol. The molecule has 2 aromatic heterocycles. The van der Waals surface area contributed by atoms with Gasteiger partial charge in [-0.05, 0) is 13.3 Å². The molecule has 3 heterocycles. The molecule has 3 rings (SSSR count). The highest BCUT2D eigenvalue weighted by Gasteiger charge is 2.29. The van der Waals surface area contributed by atoms with E-state index >= 15 is 0 Å². The molecule has 2 aromatic rings. The Morgan fingerprint density at radius 3 is 3.14 bits per heavy atom. The first-order valence-electron chi connectivity index (χ1n) is 7.61. The Bertz CT molecular complexity index is 598. The highest BCUT2D eigenvalue weighted by Crippen LogP contribution is 2.19. The predicted octanol–water partition coefficient (Wildman–Crippen LogP) is 1.90. The van der Waals surface area contributed by atoms with Crippen molar-refractivity contribution < 1.29 is 9.47 Å². The molecule has 6 heteroatoms. The Morgan fingerprint density at radius 2 is 2.33 bits per heavy atom. The van der Waals surface area contributed by atoms with E-state index in [4.69, 9.17) is 9.47 Å². The minimum absolute atomic E-state index is 0.0865. The van der Waals surface area contributed by atoms with Crippen LogP contribution in [-0.2, 0) is 15.9 Å². The van der Waals surface area contributed by atoms with Crippen LogP contribution in [0, 0.1) is 0 Å². The second-order valence-electron chi connectivity index (χ2n) is 5.27. The SMILES string of the molecule is CCCc1cc(N[C@H]2COC[C@@H]2OCC)n2nccc2n1. The lowest BCUT2D eigenvalue weighted by Gasteiger charge is -2.20. The van der Waals surface area contributed by atoms with Crippen LogP contribution in [0.4, 0.5) is 5.82 Å². The quantitative estimate of drug-likeness (QED) is 0.880. The largest absolute Gasteiger partial charge is 0.376 e. The molecule has 0 amide bonds. The van der Waals surface area contributed by atoms with Crippen molar-refractivity contribution in [2.24, 2.45) is 0 Å². The average Bonchev–Trinajstić information content (AvgIpc) is 3.09. The monoisotopic (exact) mass is 290 g/mol. The lowest BCUT2D eigenvalue weighted by Crippen LogP contribution is -2.35. The zero-order valence-electron chi connectivity index (χ0n) is 12.6. The van der Waals surface area contributed by atoms with Gasteiger partial charge in [-0.2, -0.15) is 9.61 Å². The summed E-state index contributed by atoms with van der Waals surface area (Å²) < 4.78 is 13.1. The molecule has 0 unspecified atom stereocenters. The van der Waals surface area contributed by atoms with Crippen LogP contribution in [0.15, 0.2) is 18.3 Å². The van der Waals surface area contributed by atoms with E-state index in [1.165, 1.54) is 0 Å². The van der Waals surface area contributed by atoms with Gasteiger partial charge in [-0.1, -0.05) is 13.3 Å². The van der Waals surface area contributed by atoms with Gasteiger partial charge in [0.15, 0.2) is 5.65 Å². The highest BCUT2D eigenvalue weighted by molar-refractivity contribution is 5.49. The van der Waals surface area contributed by atoms with Crippen molar-refractivity contribution in [3.63, 3.8) is 0 Å². The summed E-state index contributed by atoms with van der Waals surface area (Å²) in [5.74, 6) is 0.952. The number of aromatic nitrogens is 3. The lowest BCUT2D eigenvalue weighted by molar-refractivity contribution is 0.0477. The first-order chi connectivity index (χ1) is 10.3. The van der Waals surface area contributed by atoms with Gasteiger partial charge in [0.1, 0.15) is 11.9 Å². The molecule has 1 aliphatic rings. The van der Waals surface area contributed by atoms with Crippen LogP contribution in [0.3, 0.4) is 0 Å². The summed E-state index contributed by atoms with van der Waals surface area (Å²) in [6, 6.07) is 4.15. The Morgan fingerprint density at radius 1 is 1.43 bits per heavy atom. The third-order valence-corrected chi connectivity index (χ3v) is 3.66. The van der Waals surface area contributed by atoms with Gasteiger partial charge in [-0.15, -0.1) is 0 Å². The molecule has 1 saturated heterocycles. The number of hydrogen-bond donors (Lipinski definition) is 1. The molecular formula is C15H22N4O2. The van der Waals surface area contributed by atoms with Crippen LogP contribution >= 0.6 is 0 Å². The van der Waals surface area contributed by atoms with Crippen molar-refractivity contribution in [2.75, 3.05) is 25.1 Å². The maximum Gasteiger partial charge on any atom is 0.157 e. The van der Waals surface area contributed by atoms with E-state index in [1.807, 2.05) is 17.5 Å². The van der Waals surface area contributed by atoms with E-state index in [1.54, 1.807) is 6.20 Å². The molecule has 0 radical (unpaired) electrons. The van der Waals surface area contributed by atoms with Crippen LogP contribution in [0.2, 0.25) is 0 Å². The summed E-state index contributed by atoms with van der Waals surface area (Å²) in [7, 11) is 0. The Hall–Kier alpha value is -1.66. The fraction of sp³-hybridized carbons (Fsp3) is 0.600. The van der Waals surface area contributed by atoms with Crippen LogP contribution in [0.1, 0.15) is 26.0 Å². The summed E-state index contributed by atoms with van der Waals surface area (Å²) in [6.45, 7) is 6.15. The summed E-state index contributed by atoms with van der Waals surface area (Å²) in [6.07, 6.45) is 3.90. The maximum atomic E-state index is 5.73. The molecule has 0 bridgehead atoms. The third kappa shape index (κ3) is 3.01. The smallest absolute Gasteiger partial charge is 0.157 e.